The summed E-state index contributed by atoms with van der Waals surface area (Å²) in [5.41, 5.74) is 5.38. The number of esters is 1. The third-order valence-corrected chi connectivity index (χ3v) is 2.69. The van der Waals surface area contributed by atoms with E-state index >= 15 is 0 Å². The second kappa shape index (κ2) is 6.34. The van der Waals surface area contributed by atoms with Crippen molar-refractivity contribution in [3.05, 3.63) is 28.0 Å². The lowest BCUT2D eigenvalue weighted by Crippen LogP contribution is -2.31. The third-order valence-electron chi connectivity index (χ3n) is 2.03. The van der Waals surface area contributed by atoms with Crippen LogP contribution in [0, 0.1) is 5.82 Å². The number of carbonyl (C=O) groups excluding carboxylic acids is 2. The highest BCUT2D eigenvalue weighted by molar-refractivity contribution is 9.10. The van der Waals surface area contributed by atoms with Gasteiger partial charge in [-0.1, -0.05) is 0 Å². The van der Waals surface area contributed by atoms with Crippen LogP contribution < -0.4 is 11.1 Å². The van der Waals surface area contributed by atoms with E-state index in [4.69, 9.17) is 5.73 Å². The maximum Gasteiger partial charge on any atom is 0.325 e. The molecule has 0 aliphatic heterocycles. The molecule has 0 bridgehead atoms. The maximum absolute atomic E-state index is 13.1. The smallest absolute Gasteiger partial charge is 0.325 e. The summed E-state index contributed by atoms with van der Waals surface area (Å²) in [6.07, 6.45) is 0. The molecule has 1 aromatic carbocycles. The first-order valence-electron chi connectivity index (χ1n) is 5.14. The Balaban J connectivity index is 2.73. The van der Waals surface area contributed by atoms with E-state index in [0.717, 1.165) is 6.07 Å². The molecule has 0 spiro atoms. The van der Waals surface area contributed by atoms with Crippen LogP contribution in [0.25, 0.3) is 0 Å². The van der Waals surface area contributed by atoms with Crippen LogP contribution in [0.4, 0.5) is 10.1 Å². The van der Waals surface area contributed by atoms with Gasteiger partial charge < -0.3 is 15.8 Å². The van der Waals surface area contributed by atoms with Crippen LogP contribution in [0.5, 0.6) is 0 Å². The lowest BCUT2D eigenvalue weighted by molar-refractivity contribution is -0.141. The fourth-order valence-corrected chi connectivity index (χ4v) is 1.69. The number of benzene rings is 1. The Labute approximate surface area is 112 Å². The monoisotopic (exact) mass is 318 g/mol. The van der Waals surface area contributed by atoms with Crippen molar-refractivity contribution in [2.24, 2.45) is 0 Å². The number of nitrogens with one attached hydrogen (secondary N) is 1. The van der Waals surface area contributed by atoms with Crippen LogP contribution in [0.1, 0.15) is 17.3 Å². The van der Waals surface area contributed by atoms with Gasteiger partial charge in [0, 0.05) is 4.47 Å². The topological polar surface area (TPSA) is 81.4 Å². The molecule has 0 atom stereocenters. The molecule has 0 saturated heterocycles. The van der Waals surface area contributed by atoms with Crippen molar-refractivity contribution < 1.29 is 18.7 Å². The molecule has 0 saturated carbocycles. The quantitative estimate of drug-likeness (QED) is 0.650. The number of nitrogens with two attached hydrogens (primary N) is 1. The zero-order valence-corrected chi connectivity index (χ0v) is 11.2. The lowest BCUT2D eigenvalue weighted by Gasteiger charge is -2.08. The van der Waals surface area contributed by atoms with E-state index in [2.05, 4.69) is 26.0 Å². The second-order valence-electron chi connectivity index (χ2n) is 3.34. The zero-order chi connectivity index (χ0) is 13.7. The molecule has 5 nitrogen and oxygen atoms in total. The van der Waals surface area contributed by atoms with Crippen LogP contribution in [0.15, 0.2) is 16.6 Å². The molecule has 0 aromatic heterocycles. The first-order chi connectivity index (χ1) is 8.45. The largest absolute Gasteiger partial charge is 0.465 e. The number of hydrogen-bond acceptors (Lipinski definition) is 4. The van der Waals surface area contributed by atoms with E-state index in [9.17, 15) is 14.0 Å². The number of rotatable bonds is 4. The SMILES string of the molecule is CCOC(=O)CNC(=O)c1cc(N)c(F)cc1Br. The Bertz CT molecular complexity index is 480. The van der Waals surface area contributed by atoms with Gasteiger partial charge in [0.1, 0.15) is 12.4 Å². The highest BCUT2D eigenvalue weighted by Gasteiger charge is 2.14. The molecule has 1 aromatic rings. The molecule has 0 heterocycles. The van der Waals surface area contributed by atoms with Gasteiger partial charge in [-0.05, 0) is 35.0 Å². The summed E-state index contributed by atoms with van der Waals surface area (Å²) >= 11 is 3.05. The molecule has 0 radical (unpaired) electrons. The van der Waals surface area contributed by atoms with Crippen molar-refractivity contribution >= 4 is 33.5 Å². The molecule has 18 heavy (non-hydrogen) atoms. The van der Waals surface area contributed by atoms with Gasteiger partial charge in [-0.2, -0.15) is 0 Å². The summed E-state index contributed by atoms with van der Waals surface area (Å²) in [5.74, 6) is -1.71. The number of amides is 1. The normalized spacial score (nSPS) is 9.94. The molecule has 98 valence electrons. The molecule has 0 unspecified atom stereocenters. The van der Waals surface area contributed by atoms with Gasteiger partial charge in [0.25, 0.3) is 5.91 Å². The number of ether oxygens (including phenoxy) is 1. The fraction of sp³-hybridized carbons (Fsp3) is 0.273. The van der Waals surface area contributed by atoms with Crippen molar-refractivity contribution in [1.82, 2.24) is 5.32 Å². The van der Waals surface area contributed by atoms with E-state index < -0.39 is 17.7 Å². The van der Waals surface area contributed by atoms with Gasteiger partial charge in [0.05, 0.1) is 17.9 Å². The number of halogens is 2. The van der Waals surface area contributed by atoms with Gasteiger partial charge in [0.15, 0.2) is 0 Å². The second-order valence-corrected chi connectivity index (χ2v) is 4.20. The molecule has 1 amide bonds. The Morgan fingerprint density at radius 3 is 2.78 bits per heavy atom. The highest BCUT2D eigenvalue weighted by atomic mass is 79.9. The summed E-state index contributed by atoms with van der Waals surface area (Å²) in [7, 11) is 0. The van der Waals surface area contributed by atoms with Gasteiger partial charge in [-0.15, -0.1) is 0 Å². The van der Waals surface area contributed by atoms with E-state index in [0.29, 0.717) is 0 Å². The Morgan fingerprint density at radius 1 is 1.50 bits per heavy atom. The number of hydrogen-bond donors (Lipinski definition) is 2. The zero-order valence-electron chi connectivity index (χ0n) is 9.63. The van der Waals surface area contributed by atoms with Crippen LogP contribution >= 0.6 is 15.9 Å². The summed E-state index contributed by atoms with van der Waals surface area (Å²) in [6, 6.07) is 2.29. The average Bonchev–Trinajstić information content (AvgIpc) is 2.31. The number of carbonyl (C=O) groups is 2. The molecular formula is C11H12BrFN2O3. The van der Waals surface area contributed by atoms with Crippen LogP contribution in [0.2, 0.25) is 0 Å². The Hall–Kier alpha value is -1.63. The predicted molar refractivity (Wildman–Crippen MR) is 67.5 cm³/mol. The van der Waals surface area contributed by atoms with Crippen molar-refractivity contribution in [2.45, 2.75) is 6.92 Å². The molecule has 7 heteroatoms. The van der Waals surface area contributed by atoms with E-state index in [1.54, 1.807) is 6.92 Å². The summed E-state index contributed by atoms with van der Waals surface area (Å²) in [5, 5.41) is 2.35. The summed E-state index contributed by atoms with van der Waals surface area (Å²) in [4.78, 5) is 22.8. The predicted octanol–water partition coefficient (Wildman–Crippen LogP) is 1.46. The van der Waals surface area contributed by atoms with E-state index in [-0.39, 0.29) is 28.9 Å². The first kappa shape index (κ1) is 14.4. The highest BCUT2D eigenvalue weighted by Crippen LogP contribution is 2.22. The molecule has 0 aliphatic carbocycles. The molecule has 0 aliphatic rings. The third kappa shape index (κ3) is 3.69. The van der Waals surface area contributed by atoms with Crippen molar-refractivity contribution in [3.8, 4) is 0 Å². The van der Waals surface area contributed by atoms with Gasteiger partial charge >= 0.3 is 5.97 Å². The van der Waals surface area contributed by atoms with Crippen LogP contribution in [-0.4, -0.2) is 25.0 Å². The van der Waals surface area contributed by atoms with E-state index in [1.165, 1.54) is 6.07 Å². The van der Waals surface area contributed by atoms with Crippen molar-refractivity contribution in [1.29, 1.82) is 0 Å². The minimum absolute atomic E-state index is 0.139. The molecule has 1 rings (SSSR count). The minimum Gasteiger partial charge on any atom is -0.465 e. The molecular weight excluding hydrogens is 307 g/mol. The van der Waals surface area contributed by atoms with Crippen molar-refractivity contribution in [2.75, 3.05) is 18.9 Å². The standard InChI is InChI=1S/C11H12BrFN2O3/c1-2-18-10(16)5-15-11(17)6-3-9(14)8(13)4-7(6)12/h3-4H,2,5,14H2,1H3,(H,15,17). The van der Waals surface area contributed by atoms with Gasteiger partial charge in [-0.3, -0.25) is 9.59 Å². The van der Waals surface area contributed by atoms with Crippen LogP contribution in [0.3, 0.4) is 0 Å². The minimum atomic E-state index is -0.621. The summed E-state index contributed by atoms with van der Waals surface area (Å²) in [6.45, 7) is 1.65. The Morgan fingerprint density at radius 2 is 2.17 bits per heavy atom. The maximum atomic E-state index is 13.1. The summed E-state index contributed by atoms with van der Waals surface area (Å²) < 4.78 is 18.0. The average molecular weight is 319 g/mol. The van der Waals surface area contributed by atoms with Gasteiger partial charge in [0.2, 0.25) is 0 Å². The number of anilines is 1. The molecule has 3 N–H and O–H groups in total. The van der Waals surface area contributed by atoms with Crippen LogP contribution in [-0.2, 0) is 9.53 Å². The van der Waals surface area contributed by atoms with Gasteiger partial charge in [-0.25, -0.2) is 4.39 Å². The number of nitrogen functional groups attached to an aromatic ring is 1. The van der Waals surface area contributed by atoms with Crippen molar-refractivity contribution in [3.63, 3.8) is 0 Å². The molecule has 0 fully saturated rings. The Kier molecular flexibility index (Phi) is 5.08. The first-order valence-corrected chi connectivity index (χ1v) is 5.93. The fourth-order valence-electron chi connectivity index (χ4n) is 1.20. The van der Waals surface area contributed by atoms with E-state index in [1.807, 2.05) is 0 Å². The lowest BCUT2D eigenvalue weighted by atomic mass is 10.2.